The van der Waals surface area contributed by atoms with Crippen molar-refractivity contribution in [1.29, 1.82) is 0 Å². The number of nitro groups is 4. The minimum atomic E-state index is -1.00. The van der Waals surface area contributed by atoms with Crippen LogP contribution in [0.15, 0.2) is 68.9 Å². The summed E-state index contributed by atoms with van der Waals surface area (Å²) in [5.41, 5.74) is 9.21. The van der Waals surface area contributed by atoms with Crippen LogP contribution >= 0.6 is 22.6 Å². The largest absolute Gasteiger partial charge is 1.00 e. The molecule has 5 N–H and O–H groups in total. The summed E-state index contributed by atoms with van der Waals surface area (Å²) in [5.74, 6) is -0.675. The van der Waals surface area contributed by atoms with Gasteiger partial charge in [0.2, 0.25) is 0 Å². The van der Waals surface area contributed by atoms with E-state index in [1.165, 1.54) is 53.5 Å². The van der Waals surface area contributed by atoms with Crippen molar-refractivity contribution in [3.05, 3.63) is 100 Å². The van der Waals surface area contributed by atoms with E-state index in [0.29, 0.717) is 6.54 Å². The number of hydrogen-bond donors (Lipinski definition) is 4. The normalized spacial score (nSPS) is 10.7. The van der Waals surface area contributed by atoms with Crippen LogP contribution < -0.4 is 51.5 Å². The molecule has 0 unspecified atom stereocenters. The van der Waals surface area contributed by atoms with Gasteiger partial charge in [-0.2, -0.15) is 10.2 Å². The molecule has 0 bridgehead atoms. The zero-order valence-electron chi connectivity index (χ0n) is 27.0. The van der Waals surface area contributed by atoms with Crippen LogP contribution in [0.2, 0.25) is 0 Å². The smallest absolute Gasteiger partial charge is 1.00 e. The van der Waals surface area contributed by atoms with Crippen LogP contribution in [0.4, 0.5) is 15.8 Å². The van der Waals surface area contributed by atoms with Gasteiger partial charge in [-0.15, -0.1) is 5.10 Å². The van der Waals surface area contributed by atoms with Crippen LogP contribution in [0.3, 0.4) is 0 Å². The summed E-state index contributed by atoms with van der Waals surface area (Å²) in [7, 11) is -1.00. The van der Waals surface area contributed by atoms with Crippen molar-refractivity contribution in [3.8, 4) is 0 Å². The van der Waals surface area contributed by atoms with E-state index in [-0.39, 0.29) is 59.4 Å². The molecule has 0 spiro atoms. The molecule has 0 atom stereocenters. The number of hydrogen-bond acceptors (Lipinski definition) is 11. The van der Waals surface area contributed by atoms with Crippen molar-refractivity contribution in [1.82, 2.24) is 16.2 Å². The Morgan fingerprint density at radius 2 is 1.46 bits per heavy atom. The van der Waals surface area contributed by atoms with Crippen LogP contribution in [0, 0.1) is 40.5 Å². The molecule has 2 aromatic rings. The van der Waals surface area contributed by atoms with E-state index < -0.39 is 33.0 Å². The Bertz CT molecular complexity index is 1380. The second-order valence-corrected chi connectivity index (χ2v) is 8.48. The first-order valence-corrected chi connectivity index (χ1v) is 13.8. The monoisotopic (exact) mass is 775 g/mol. The van der Waals surface area contributed by atoms with Gasteiger partial charge >= 0.3 is 29.6 Å². The molecule has 0 saturated heterocycles. The second-order valence-electron chi connectivity index (χ2n) is 7.40. The summed E-state index contributed by atoms with van der Waals surface area (Å²) in [6.07, 6.45) is 4.32. The number of nitrogens with one attached hydrogen (secondary N) is 3. The molecule has 0 saturated carbocycles. The van der Waals surface area contributed by atoms with Crippen LogP contribution in [-0.4, -0.2) is 62.4 Å². The fourth-order valence-electron chi connectivity index (χ4n) is 2.38. The van der Waals surface area contributed by atoms with Crippen molar-refractivity contribution in [2.75, 3.05) is 18.1 Å². The molecule has 0 aliphatic rings. The Morgan fingerprint density at radius 1 is 0.978 bits per heavy atom. The van der Waals surface area contributed by atoms with Gasteiger partial charge in [0.1, 0.15) is 5.10 Å². The number of nitrogens with zero attached hydrogens (tertiary/aromatic N) is 8. The van der Waals surface area contributed by atoms with Gasteiger partial charge in [-0.1, -0.05) is 66.1 Å². The molecular formula is C23H33FIN12NaO8. The Balaban J connectivity index is -0.000000328. The van der Waals surface area contributed by atoms with Gasteiger partial charge in [0.25, 0.3) is 23.3 Å². The Hall–Kier alpha value is -4.42. The molecule has 23 heteroatoms. The standard InChI is InChI=1S/C11H14N6O4.C8H8N6O4.C3H7I.CH3F.Na.H/c1-2-7-12-11(15-17(20)21)14-13-8-9-5-3-4-6-10(9)16(18)19;9-8(12-14(17)18)11-10-5-6-3-1-2-4-7(6)13(15)16;1-2-3-4;1-2;;/h3-6,8H,2,7H2,1H3,(H2,12,14,15);1-5H,(H3,9,11,12);2-3H2,1H3;1H3;;/q;;;;+1;-1/i;;;1D;;. The van der Waals surface area contributed by atoms with E-state index in [2.05, 4.69) is 60.7 Å². The van der Waals surface area contributed by atoms with E-state index in [1.54, 1.807) is 17.6 Å². The summed E-state index contributed by atoms with van der Waals surface area (Å²) >= 11 is 2.35. The summed E-state index contributed by atoms with van der Waals surface area (Å²) in [6, 6.07) is 11.8. The van der Waals surface area contributed by atoms with E-state index in [0.717, 1.165) is 12.6 Å². The molecule has 0 aliphatic carbocycles. The number of nitrogens with two attached hydrogens (primary N) is 1. The number of nitro benzene ring substituents is 2. The van der Waals surface area contributed by atoms with Gasteiger partial charge in [0, 0.05) is 18.7 Å². The van der Waals surface area contributed by atoms with Crippen LogP contribution in [-0.2, 0) is 0 Å². The number of guanidine groups is 2. The average Bonchev–Trinajstić information content (AvgIpc) is 3.00. The third kappa shape index (κ3) is 23.0. The summed E-state index contributed by atoms with van der Waals surface area (Å²) in [4.78, 5) is 40.7. The van der Waals surface area contributed by atoms with E-state index in [4.69, 9.17) is 7.10 Å². The maximum absolute atomic E-state index is 10.8. The molecular weight excluding hydrogens is 741 g/mol. The molecule has 0 aromatic heterocycles. The van der Waals surface area contributed by atoms with Crippen molar-refractivity contribution < 1.29 is 56.7 Å². The van der Waals surface area contributed by atoms with Gasteiger partial charge in [-0.3, -0.25) is 24.6 Å². The van der Waals surface area contributed by atoms with Crippen LogP contribution in [0.5, 0.6) is 0 Å². The first-order chi connectivity index (χ1) is 21.9. The zero-order chi connectivity index (χ0) is 35.3. The minimum absolute atomic E-state index is 0. The Labute approximate surface area is 300 Å². The summed E-state index contributed by atoms with van der Waals surface area (Å²) in [5, 5.41) is 56.1. The molecule has 46 heavy (non-hydrogen) atoms. The SMILES string of the molecule is CCCI.CCCN/C(=N/[N+](=O)[O-])NN=Cc1ccccc1[N+](=O)[O-].NC(=NN=Cc1ccccc1[N+](=O)[O-])N[N+](=O)[O-].[2H]CF.[H-].[Na+]. The quantitative estimate of drug-likeness (QED) is 0.0465. The molecule has 0 fully saturated rings. The molecule has 0 radical (unpaired) electrons. The molecule has 2 rings (SSSR count). The van der Waals surface area contributed by atoms with Crippen molar-refractivity contribution in [2.24, 2.45) is 26.1 Å². The second kappa shape index (κ2) is 29.3. The van der Waals surface area contributed by atoms with Crippen molar-refractivity contribution in [3.63, 3.8) is 0 Å². The number of hydrazone groups is 2. The van der Waals surface area contributed by atoms with E-state index in [9.17, 15) is 44.8 Å². The third-order valence-electron chi connectivity index (χ3n) is 4.12. The minimum Gasteiger partial charge on any atom is -1.00 e. The maximum Gasteiger partial charge on any atom is 1.00 e. The topological polar surface area (TPSA) is 284 Å². The number of benzene rings is 2. The molecule has 0 aliphatic heterocycles. The van der Waals surface area contributed by atoms with Crippen LogP contribution in [0.1, 0.15) is 40.6 Å². The summed E-state index contributed by atoms with van der Waals surface area (Å²) < 4.78 is 16.8. The number of halogens is 2. The fourth-order valence-corrected chi connectivity index (χ4v) is 2.38. The fraction of sp³-hybridized carbons (Fsp3) is 0.304. The van der Waals surface area contributed by atoms with Gasteiger partial charge in [0.15, 0.2) is 10.1 Å². The molecule has 20 nitrogen and oxygen atoms in total. The zero-order valence-corrected chi connectivity index (χ0v) is 29.1. The Morgan fingerprint density at radius 3 is 1.87 bits per heavy atom. The first-order valence-electron chi connectivity index (χ1n) is 13.0. The van der Waals surface area contributed by atoms with Gasteiger partial charge in [-0.05, 0) is 29.4 Å². The predicted octanol–water partition coefficient (Wildman–Crippen LogP) is 0.624. The number of rotatable bonds is 11. The molecule has 248 valence electrons. The van der Waals surface area contributed by atoms with Gasteiger partial charge in [0.05, 0.1) is 41.9 Å². The van der Waals surface area contributed by atoms with E-state index >= 15 is 0 Å². The number of para-hydroxylation sites is 2. The average molecular weight is 775 g/mol. The van der Waals surface area contributed by atoms with Gasteiger partial charge < -0.3 is 12.5 Å². The molecule has 0 heterocycles. The number of hydrazine groups is 1. The number of alkyl halides is 2. The first kappa shape index (κ1) is 43.7. The predicted molar refractivity (Wildman–Crippen MR) is 176 cm³/mol. The third-order valence-corrected chi connectivity index (χ3v) is 5.20. The van der Waals surface area contributed by atoms with Gasteiger partial charge in [-0.25, -0.2) is 25.7 Å². The Kier molecular flexibility index (Phi) is 27.8. The molecule has 0 amide bonds. The van der Waals surface area contributed by atoms with Crippen molar-refractivity contribution >= 4 is 58.3 Å². The summed E-state index contributed by atoms with van der Waals surface area (Å²) in [6.45, 7) is 4.53. The molecule has 2 aromatic carbocycles. The van der Waals surface area contributed by atoms with E-state index in [1.807, 2.05) is 6.92 Å². The van der Waals surface area contributed by atoms with Crippen LogP contribution in [0.25, 0.3) is 0 Å². The maximum atomic E-state index is 10.8. The van der Waals surface area contributed by atoms with Crippen molar-refractivity contribution in [2.45, 2.75) is 26.7 Å².